The maximum Gasteiger partial charge on any atom is 0.335 e. The number of nitrogens with zero attached hydrogens (tertiary/aromatic N) is 2. The van der Waals surface area contributed by atoms with Gasteiger partial charge >= 0.3 is 11.4 Å². The Morgan fingerprint density at radius 3 is 1.33 bits per heavy atom. The number of ketones is 2. The number of amides is 4. The number of carbonyl (C=O) groups excluding carboxylic acids is 6. The number of phenolic OH excluding ortho intramolecular Hbond substituents is 2. The van der Waals surface area contributed by atoms with Gasteiger partial charge in [0.15, 0.2) is 11.6 Å². The van der Waals surface area contributed by atoms with Crippen LogP contribution in [-0.2, 0) is 28.8 Å². The smallest absolute Gasteiger partial charge is 0.335 e. The first kappa shape index (κ1) is 54.4. The number of phenols is 2. The lowest BCUT2D eigenvalue weighted by Crippen LogP contribution is -2.46. The molecule has 2 aliphatic rings. The normalized spacial score (nSPS) is 16.7. The molecule has 4 aromatic carbocycles. The molecule has 0 radical (unpaired) electrons. The first-order chi connectivity index (χ1) is 35.9. The third-order valence-corrected chi connectivity index (χ3v) is 12.0. The van der Waals surface area contributed by atoms with Crippen LogP contribution >= 0.6 is 0 Å². The molecule has 20 nitrogen and oxygen atoms in total. The number of aromatic hydroxyl groups is 4. The number of piperidine rings is 2. The van der Waals surface area contributed by atoms with Gasteiger partial charge in [0.1, 0.15) is 34.5 Å². The second kappa shape index (κ2) is 24.4. The number of imide groups is 2. The number of H-pyrrole nitrogens is 2. The monoisotopic (exact) mass is 1020 g/mol. The van der Waals surface area contributed by atoms with Crippen molar-refractivity contribution < 1.29 is 49.2 Å². The van der Waals surface area contributed by atoms with Crippen molar-refractivity contribution in [3.05, 3.63) is 209 Å². The van der Waals surface area contributed by atoms with Gasteiger partial charge in [-0.05, 0) is 77.7 Å². The highest BCUT2D eigenvalue weighted by molar-refractivity contribution is 6.35. The third-order valence-electron chi connectivity index (χ3n) is 12.0. The summed E-state index contributed by atoms with van der Waals surface area (Å²) in [5.41, 5.74) is -3.85. The molecule has 0 saturated carbocycles. The summed E-state index contributed by atoms with van der Waals surface area (Å²) >= 11 is 0. The van der Waals surface area contributed by atoms with E-state index in [0.29, 0.717) is 11.3 Å². The molecule has 0 spiro atoms. The van der Waals surface area contributed by atoms with E-state index in [-0.39, 0.29) is 39.4 Å². The van der Waals surface area contributed by atoms with Crippen LogP contribution in [0.5, 0.6) is 23.3 Å². The molecule has 2 aromatic heterocycles. The van der Waals surface area contributed by atoms with E-state index in [0.717, 1.165) is 45.4 Å². The fraction of sp³-hybridized carbons (Fsp3) is 0.164. The summed E-state index contributed by atoms with van der Waals surface area (Å²) in [6, 6.07) is 27.4. The first-order valence-electron chi connectivity index (χ1n) is 23.3. The number of benzene rings is 4. The number of hydrogen-bond donors (Lipinski definition) is 8. The van der Waals surface area contributed by atoms with E-state index in [1.54, 1.807) is 60.7 Å². The van der Waals surface area contributed by atoms with Gasteiger partial charge < -0.3 is 20.4 Å². The highest BCUT2D eigenvalue weighted by Crippen LogP contribution is 2.28. The minimum atomic E-state index is -1.37. The Bertz CT molecular complexity index is 3560. The molecule has 8 rings (SSSR count). The number of para-hydroxylation sites is 1. The van der Waals surface area contributed by atoms with Crippen LogP contribution in [0.15, 0.2) is 164 Å². The highest BCUT2D eigenvalue weighted by atomic mass is 16.3. The lowest BCUT2D eigenvalue weighted by molar-refractivity contribution is -0.139. The van der Waals surface area contributed by atoms with Crippen molar-refractivity contribution in [1.29, 1.82) is 0 Å². The summed E-state index contributed by atoms with van der Waals surface area (Å²) < 4.78 is 1.67. The predicted octanol–water partition coefficient (Wildman–Crippen LogP) is 4.60. The molecule has 0 aliphatic carbocycles. The molecule has 4 amide bonds. The van der Waals surface area contributed by atoms with Crippen LogP contribution in [0, 0.1) is 5.92 Å². The maximum absolute atomic E-state index is 12.9. The van der Waals surface area contributed by atoms with Gasteiger partial charge in [-0.2, -0.15) is 0 Å². The maximum atomic E-state index is 12.9. The number of aromatic nitrogens is 4. The highest BCUT2D eigenvalue weighted by Gasteiger charge is 2.40. The van der Waals surface area contributed by atoms with Gasteiger partial charge in [0, 0.05) is 6.07 Å². The van der Waals surface area contributed by atoms with E-state index >= 15 is 0 Å². The van der Waals surface area contributed by atoms with Gasteiger partial charge in [-0.25, -0.2) is 18.7 Å². The Kier molecular flexibility index (Phi) is 17.7. The number of nitrogens with one attached hydrogen (secondary N) is 4. The minimum absolute atomic E-state index is 0.0751. The van der Waals surface area contributed by atoms with Crippen molar-refractivity contribution in [3.8, 4) is 34.6 Å². The quantitative estimate of drug-likeness (QED) is 0.0381. The summed E-state index contributed by atoms with van der Waals surface area (Å²) in [5, 5.41) is 44.7. The second-order valence-corrected chi connectivity index (χ2v) is 16.7. The minimum Gasteiger partial charge on any atom is -0.508 e. The number of allylic oxidation sites excluding steroid dienone is 4. The standard InChI is InChI=1S/C24H17N3O8.C24H17N3O6.C7H16/c28-14-6-1-4-12(10-14)18-19(30)16(20(31)25-22(18)33)8-3-9-17-21(32)26-24(35)27(23(17)34)13-5-2-7-15(29)11-13;28-19-16(20(29)25-22(31)18(19)14-8-3-1-4-9-14)12-7-13-17-21(30)26-24(33)27(23(17)32)15-10-5-2-6-11-15;1-4-7(5-2)6-3/h1-11,18,28-29,34H,(H,25,31,33)(H,26,32,35);1-13,18,32H,(H,25,29,31)(H,26,30,33);7H,4-6H2,1-3H3. The summed E-state index contributed by atoms with van der Waals surface area (Å²) in [6.07, 6.45) is 10.8. The predicted molar refractivity (Wildman–Crippen MR) is 275 cm³/mol. The second-order valence-electron chi connectivity index (χ2n) is 16.7. The van der Waals surface area contributed by atoms with Crippen LogP contribution in [0.25, 0.3) is 23.5 Å². The Morgan fingerprint density at radius 1 is 0.493 bits per heavy atom. The van der Waals surface area contributed by atoms with E-state index in [1.807, 2.05) is 4.98 Å². The van der Waals surface area contributed by atoms with Crippen LogP contribution in [0.4, 0.5) is 0 Å². The number of aromatic amines is 2. The zero-order valence-corrected chi connectivity index (χ0v) is 40.5. The summed E-state index contributed by atoms with van der Waals surface area (Å²) in [6.45, 7) is 6.78. The van der Waals surface area contributed by atoms with Crippen LogP contribution in [0.1, 0.15) is 74.1 Å². The average Bonchev–Trinajstić information content (AvgIpc) is 3.37. The van der Waals surface area contributed by atoms with Crippen molar-refractivity contribution in [3.63, 3.8) is 0 Å². The Morgan fingerprint density at radius 2 is 0.893 bits per heavy atom. The molecule has 75 heavy (non-hydrogen) atoms. The fourth-order valence-corrected chi connectivity index (χ4v) is 7.96. The zero-order chi connectivity index (χ0) is 54.5. The molecular weight excluding hydrogens is 969 g/mol. The SMILES string of the molecule is CCC(CC)CC.O=C1NC(=O)C(c2cccc(O)c2)C(=O)C1=CC=Cc1c(O)n(-c2cccc(O)c2)c(=O)[nH]c1=O.O=C1NC(=O)C(c2ccccc2)C(=O)C1=CC=Cc1c(O)n(-c2ccccc2)c(=O)[nH]c1=O. The van der Waals surface area contributed by atoms with Crippen molar-refractivity contribution in [1.82, 2.24) is 29.7 Å². The van der Waals surface area contributed by atoms with Crippen LogP contribution < -0.4 is 33.1 Å². The van der Waals surface area contributed by atoms with Gasteiger partial charge in [-0.3, -0.25) is 59.0 Å². The van der Waals surface area contributed by atoms with Crippen molar-refractivity contribution >= 4 is 47.3 Å². The van der Waals surface area contributed by atoms with Crippen molar-refractivity contribution in [2.24, 2.45) is 5.92 Å². The number of carbonyl (C=O) groups is 6. The van der Waals surface area contributed by atoms with E-state index in [1.165, 1.54) is 73.9 Å². The van der Waals surface area contributed by atoms with Crippen LogP contribution in [0.3, 0.4) is 0 Å². The topological polar surface area (TPSA) is 317 Å². The molecular formula is C55H50N6O14. The molecule has 2 unspecified atom stereocenters. The fourth-order valence-electron chi connectivity index (χ4n) is 7.96. The van der Waals surface area contributed by atoms with E-state index in [2.05, 4.69) is 36.4 Å². The van der Waals surface area contributed by atoms with Crippen LogP contribution in [0.2, 0.25) is 0 Å². The number of rotatable bonds is 11. The number of Topliss-reactive ketones (excluding diaryl/α,β-unsaturated/α-hetero) is 2. The zero-order valence-electron chi connectivity index (χ0n) is 40.5. The third kappa shape index (κ3) is 12.6. The average molecular weight is 1020 g/mol. The molecule has 8 N–H and O–H groups in total. The molecule has 0 bridgehead atoms. The lowest BCUT2D eigenvalue weighted by Gasteiger charge is -2.22. The Labute approximate surface area is 426 Å². The molecule has 384 valence electrons. The molecule has 20 heteroatoms. The van der Waals surface area contributed by atoms with Crippen molar-refractivity contribution in [2.45, 2.75) is 51.9 Å². The molecule has 6 aromatic rings. The lowest BCUT2D eigenvalue weighted by atomic mass is 9.86. The van der Waals surface area contributed by atoms with Gasteiger partial charge in [0.25, 0.3) is 22.9 Å². The van der Waals surface area contributed by atoms with E-state index in [4.69, 9.17) is 0 Å². The molecule has 2 atom stereocenters. The van der Waals surface area contributed by atoms with Crippen LogP contribution in [-0.4, -0.2) is 74.7 Å². The van der Waals surface area contributed by atoms with Gasteiger partial charge in [-0.1, -0.05) is 119 Å². The first-order valence-corrected chi connectivity index (χ1v) is 23.3. The van der Waals surface area contributed by atoms with Gasteiger partial charge in [-0.15, -0.1) is 0 Å². The summed E-state index contributed by atoms with van der Waals surface area (Å²) in [5.74, 6) is -8.17. The molecule has 4 heterocycles. The van der Waals surface area contributed by atoms with E-state index < -0.39 is 86.9 Å². The van der Waals surface area contributed by atoms with Gasteiger partial charge in [0.05, 0.1) is 22.5 Å². The molecule has 2 fully saturated rings. The summed E-state index contributed by atoms with van der Waals surface area (Å²) in [7, 11) is 0. The molecule has 2 aliphatic heterocycles. The van der Waals surface area contributed by atoms with Crippen molar-refractivity contribution in [2.75, 3.05) is 0 Å². The van der Waals surface area contributed by atoms with E-state index in [9.17, 15) is 68.4 Å². The Balaban J connectivity index is 0.000000217. The van der Waals surface area contributed by atoms with Gasteiger partial charge in [0.2, 0.25) is 23.6 Å². The summed E-state index contributed by atoms with van der Waals surface area (Å²) in [4.78, 5) is 128. The largest absolute Gasteiger partial charge is 0.508 e. The number of hydrogen-bond acceptors (Lipinski definition) is 14. The molecule has 2 saturated heterocycles. The Hall–Kier alpha value is -9.98.